The highest BCUT2D eigenvalue weighted by Crippen LogP contribution is 1.99. The second kappa shape index (κ2) is 7.04. The number of rotatable bonds is 6. The maximum Gasteiger partial charge on any atom is 0.183 e. The van der Waals surface area contributed by atoms with Gasteiger partial charge in [-0.05, 0) is 25.8 Å². The standard InChI is InChI=1S/C10H18O2/c1-3-4-5-6-7-8-10(12)9(2)11/h7-9,11H,3-6H2,1-2H3/b8-7+. The Hall–Kier alpha value is -0.630. The van der Waals surface area contributed by atoms with Gasteiger partial charge in [0.2, 0.25) is 0 Å². The topological polar surface area (TPSA) is 37.3 Å². The number of carbonyl (C=O) groups excluding carboxylic acids is 1. The lowest BCUT2D eigenvalue weighted by Gasteiger charge is -1.95. The number of hydrogen-bond acceptors (Lipinski definition) is 2. The van der Waals surface area contributed by atoms with Crippen LogP contribution in [0.25, 0.3) is 0 Å². The van der Waals surface area contributed by atoms with Gasteiger partial charge in [0.05, 0.1) is 0 Å². The van der Waals surface area contributed by atoms with Crippen LogP contribution in [0.3, 0.4) is 0 Å². The summed E-state index contributed by atoms with van der Waals surface area (Å²) in [4.78, 5) is 10.8. The van der Waals surface area contributed by atoms with Crippen molar-refractivity contribution in [3.8, 4) is 0 Å². The van der Waals surface area contributed by atoms with Crippen molar-refractivity contribution in [1.82, 2.24) is 0 Å². The molecule has 0 aromatic carbocycles. The van der Waals surface area contributed by atoms with Crippen LogP contribution in [0, 0.1) is 0 Å². The normalized spacial score (nSPS) is 13.6. The average Bonchev–Trinajstić information content (AvgIpc) is 2.03. The highest BCUT2D eigenvalue weighted by Gasteiger charge is 2.02. The van der Waals surface area contributed by atoms with Crippen molar-refractivity contribution in [2.24, 2.45) is 0 Å². The monoisotopic (exact) mass is 170 g/mol. The molecule has 1 N–H and O–H groups in total. The van der Waals surface area contributed by atoms with Crippen molar-refractivity contribution in [3.63, 3.8) is 0 Å². The van der Waals surface area contributed by atoms with E-state index in [9.17, 15) is 4.79 Å². The molecule has 1 atom stereocenters. The van der Waals surface area contributed by atoms with Gasteiger partial charge in [0.25, 0.3) is 0 Å². The molecule has 0 radical (unpaired) electrons. The maximum atomic E-state index is 10.8. The lowest BCUT2D eigenvalue weighted by molar-refractivity contribution is -0.121. The molecule has 0 bridgehead atoms. The summed E-state index contributed by atoms with van der Waals surface area (Å²) in [7, 11) is 0. The van der Waals surface area contributed by atoms with Crippen LogP contribution in [0.2, 0.25) is 0 Å². The Labute approximate surface area is 74.3 Å². The van der Waals surface area contributed by atoms with Crippen molar-refractivity contribution in [2.45, 2.75) is 45.6 Å². The third kappa shape index (κ3) is 6.10. The predicted octanol–water partition coefficient (Wildman–Crippen LogP) is 2.07. The molecule has 0 spiro atoms. The van der Waals surface area contributed by atoms with E-state index in [0.29, 0.717) is 0 Å². The molecule has 0 heterocycles. The SMILES string of the molecule is CCCCC/C=C/C(=O)C(C)O. The summed E-state index contributed by atoms with van der Waals surface area (Å²) in [5.74, 6) is -0.202. The minimum absolute atomic E-state index is 0.202. The predicted molar refractivity (Wildman–Crippen MR) is 50.0 cm³/mol. The quantitative estimate of drug-likeness (QED) is 0.489. The van der Waals surface area contributed by atoms with Crippen LogP contribution in [0.4, 0.5) is 0 Å². The number of hydrogen-bond donors (Lipinski definition) is 1. The van der Waals surface area contributed by atoms with E-state index in [1.807, 2.05) is 6.08 Å². The molecule has 0 aliphatic heterocycles. The van der Waals surface area contributed by atoms with Crippen LogP contribution in [-0.4, -0.2) is 17.0 Å². The first-order valence-corrected chi connectivity index (χ1v) is 4.57. The molecule has 70 valence electrons. The van der Waals surface area contributed by atoms with Crippen LogP contribution < -0.4 is 0 Å². The van der Waals surface area contributed by atoms with Gasteiger partial charge in [-0.3, -0.25) is 4.79 Å². The lowest BCUT2D eigenvalue weighted by Crippen LogP contribution is -2.12. The fourth-order valence-electron chi connectivity index (χ4n) is 0.851. The van der Waals surface area contributed by atoms with Gasteiger partial charge in [0.1, 0.15) is 6.10 Å². The number of ketones is 1. The van der Waals surface area contributed by atoms with E-state index < -0.39 is 6.10 Å². The Morgan fingerprint density at radius 3 is 2.67 bits per heavy atom. The molecule has 0 saturated carbocycles. The fourth-order valence-corrected chi connectivity index (χ4v) is 0.851. The number of carbonyl (C=O) groups is 1. The summed E-state index contributed by atoms with van der Waals surface area (Å²) >= 11 is 0. The Kier molecular flexibility index (Phi) is 6.67. The molecule has 12 heavy (non-hydrogen) atoms. The van der Waals surface area contributed by atoms with Crippen molar-refractivity contribution < 1.29 is 9.90 Å². The molecule has 1 unspecified atom stereocenters. The first kappa shape index (κ1) is 11.4. The zero-order valence-corrected chi connectivity index (χ0v) is 7.92. The van der Waals surface area contributed by atoms with Gasteiger partial charge >= 0.3 is 0 Å². The van der Waals surface area contributed by atoms with Gasteiger partial charge in [-0.1, -0.05) is 25.8 Å². The van der Waals surface area contributed by atoms with Gasteiger partial charge in [-0.15, -0.1) is 0 Å². The van der Waals surface area contributed by atoms with Crippen molar-refractivity contribution in [1.29, 1.82) is 0 Å². The van der Waals surface area contributed by atoms with Crippen LogP contribution >= 0.6 is 0 Å². The van der Waals surface area contributed by atoms with Gasteiger partial charge in [-0.25, -0.2) is 0 Å². The molecule has 0 aromatic heterocycles. The smallest absolute Gasteiger partial charge is 0.183 e. The Morgan fingerprint density at radius 2 is 2.17 bits per heavy atom. The van der Waals surface area contributed by atoms with E-state index in [0.717, 1.165) is 12.8 Å². The molecule has 0 aromatic rings. The number of allylic oxidation sites excluding steroid dienone is 1. The molecule has 2 nitrogen and oxygen atoms in total. The molecule has 0 saturated heterocycles. The molecule has 0 rings (SSSR count). The van der Waals surface area contributed by atoms with Crippen molar-refractivity contribution in [3.05, 3.63) is 12.2 Å². The first-order valence-electron chi connectivity index (χ1n) is 4.57. The summed E-state index contributed by atoms with van der Waals surface area (Å²) in [5, 5.41) is 8.82. The largest absolute Gasteiger partial charge is 0.385 e. The molecule has 0 aliphatic carbocycles. The van der Waals surface area contributed by atoms with Crippen LogP contribution in [0.5, 0.6) is 0 Å². The zero-order valence-electron chi connectivity index (χ0n) is 7.92. The summed E-state index contributed by atoms with van der Waals surface area (Å²) in [5.41, 5.74) is 0. The lowest BCUT2D eigenvalue weighted by atomic mass is 10.1. The zero-order chi connectivity index (χ0) is 9.40. The van der Waals surface area contributed by atoms with Crippen LogP contribution in [-0.2, 0) is 4.79 Å². The summed E-state index contributed by atoms with van der Waals surface area (Å²) in [6.45, 7) is 3.63. The summed E-state index contributed by atoms with van der Waals surface area (Å²) in [6, 6.07) is 0. The van der Waals surface area contributed by atoms with E-state index in [-0.39, 0.29) is 5.78 Å². The van der Waals surface area contributed by atoms with E-state index in [1.165, 1.54) is 25.8 Å². The van der Waals surface area contributed by atoms with Crippen molar-refractivity contribution >= 4 is 5.78 Å². The Balaban J connectivity index is 3.42. The third-order valence-corrected chi connectivity index (χ3v) is 1.67. The van der Waals surface area contributed by atoms with Gasteiger partial charge in [0.15, 0.2) is 5.78 Å². The molecule has 0 fully saturated rings. The Bertz CT molecular complexity index is 148. The van der Waals surface area contributed by atoms with E-state index in [1.54, 1.807) is 0 Å². The fraction of sp³-hybridized carbons (Fsp3) is 0.700. The summed E-state index contributed by atoms with van der Waals surface area (Å²) in [6.07, 6.45) is 6.91. The minimum atomic E-state index is -0.854. The number of aliphatic hydroxyl groups is 1. The average molecular weight is 170 g/mol. The Morgan fingerprint density at radius 1 is 1.50 bits per heavy atom. The van der Waals surface area contributed by atoms with Crippen LogP contribution in [0.15, 0.2) is 12.2 Å². The third-order valence-electron chi connectivity index (χ3n) is 1.67. The molecular formula is C10H18O2. The molecule has 2 heteroatoms. The summed E-state index contributed by atoms with van der Waals surface area (Å²) < 4.78 is 0. The van der Waals surface area contributed by atoms with E-state index in [2.05, 4.69) is 6.92 Å². The van der Waals surface area contributed by atoms with E-state index >= 15 is 0 Å². The second-order valence-electron chi connectivity index (χ2n) is 2.98. The molecule has 0 amide bonds. The van der Waals surface area contributed by atoms with Crippen molar-refractivity contribution in [2.75, 3.05) is 0 Å². The molecule has 0 aliphatic rings. The highest BCUT2D eigenvalue weighted by atomic mass is 16.3. The molecular weight excluding hydrogens is 152 g/mol. The van der Waals surface area contributed by atoms with E-state index in [4.69, 9.17) is 5.11 Å². The maximum absolute atomic E-state index is 10.8. The van der Waals surface area contributed by atoms with Gasteiger partial charge in [0, 0.05) is 0 Å². The van der Waals surface area contributed by atoms with Crippen LogP contribution in [0.1, 0.15) is 39.5 Å². The second-order valence-corrected chi connectivity index (χ2v) is 2.98. The number of aliphatic hydroxyl groups excluding tert-OH is 1. The number of unbranched alkanes of at least 4 members (excludes halogenated alkanes) is 3. The highest BCUT2D eigenvalue weighted by molar-refractivity contribution is 5.92. The first-order chi connectivity index (χ1) is 5.68. The van der Waals surface area contributed by atoms with Gasteiger partial charge in [-0.2, -0.15) is 0 Å². The minimum Gasteiger partial charge on any atom is -0.385 e. The van der Waals surface area contributed by atoms with Gasteiger partial charge < -0.3 is 5.11 Å².